The average Bonchev–Trinajstić information content (AvgIpc) is 2.32. The molecule has 4 heteroatoms. The van der Waals surface area contributed by atoms with E-state index in [-0.39, 0.29) is 30.2 Å². The number of nitrogens with zero attached hydrogens (tertiary/aromatic N) is 1. The molecule has 0 spiro atoms. The maximum absolute atomic E-state index is 3.45. The highest BCUT2D eigenvalue weighted by Crippen LogP contribution is 2.39. The molecule has 0 amide bonds. The van der Waals surface area contributed by atoms with Gasteiger partial charge in [-0.3, -0.25) is 4.90 Å². The Labute approximate surface area is 136 Å². The third kappa shape index (κ3) is 4.63. The smallest absolute Gasteiger partial charge is 0.0400 e. The van der Waals surface area contributed by atoms with Gasteiger partial charge in [-0.1, -0.05) is 45.0 Å². The molecule has 1 aliphatic rings. The highest BCUT2D eigenvalue weighted by atomic mass is 35.5. The minimum absolute atomic E-state index is 0. The molecule has 1 N–H and O–H groups in total. The third-order valence-corrected chi connectivity index (χ3v) is 3.82. The van der Waals surface area contributed by atoms with Crippen molar-refractivity contribution in [2.45, 2.75) is 33.7 Å². The second-order valence-electron chi connectivity index (χ2n) is 6.41. The third-order valence-electron chi connectivity index (χ3n) is 3.82. The molecule has 0 aliphatic carbocycles. The van der Waals surface area contributed by atoms with Gasteiger partial charge in [-0.15, -0.1) is 24.8 Å². The van der Waals surface area contributed by atoms with Crippen LogP contribution in [0.1, 0.15) is 37.9 Å². The van der Waals surface area contributed by atoms with E-state index in [1.807, 2.05) is 0 Å². The monoisotopic (exact) mass is 318 g/mol. The van der Waals surface area contributed by atoms with Gasteiger partial charge in [0.2, 0.25) is 0 Å². The van der Waals surface area contributed by atoms with Gasteiger partial charge in [0, 0.05) is 32.2 Å². The summed E-state index contributed by atoms with van der Waals surface area (Å²) in [7, 11) is 0. The molecular formula is C16H28Cl2N2. The standard InChI is InChI=1S/C16H26N2.2ClH/c1-13-7-5-6-8-14(13)15(16(2,3)4)18-11-9-17-10-12-18;;/h5-8,15,17H,9-12H2,1-4H3;2*1H/t15-;;/m1../s1. The molecule has 0 aromatic heterocycles. The molecule has 1 fully saturated rings. The molecule has 2 nitrogen and oxygen atoms in total. The zero-order valence-electron chi connectivity index (χ0n) is 13.0. The normalized spacial score (nSPS) is 17.8. The molecule has 20 heavy (non-hydrogen) atoms. The predicted molar refractivity (Wildman–Crippen MR) is 92.3 cm³/mol. The van der Waals surface area contributed by atoms with Crippen molar-refractivity contribution >= 4 is 24.8 Å². The largest absolute Gasteiger partial charge is 0.314 e. The number of aryl methyl sites for hydroxylation is 1. The summed E-state index contributed by atoms with van der Waals surface area (Å²) in [6, 6.07) is 9.35. The number of piperazine rings is 1. The van der Waals surface area contributed by atoms with E-state index in [1.54, 1.807) is 0 Å². The Morgan fingerprint density at radius 3 is 2.10 bits per heavy atom. The van der Waals surface area contributed by atoms with E-state index >= 15 is 0 Å². The fraction of sp³-hybridized carbons (Fsp3) is 0.625. The number of benzene rings is 1. The number of rotatable bonds is 2. The lowest BCUT2D eigenvalue weighted by Crippen LogP contribution is -2.48. The second-order valence-corrected chi connectivity index (χ2v) is 6.41. The van der Waals surface area contributed by atoms with E-state index in [1.165, 1.54) is 11.1 Å². The number of halogens is 2. The van der Waals surface area contributed by atoms with Crippen LogP contribution in [0.4, 0.5) is 0 Å². The molecule has 1 atom stereocenters. The summed E-state index contributed by atoms with van der Waals surface area (Å²) in [5, 5.41) is 3.45. The van der Waals surface area contributed by atoms with Crippen molar-refractivity contribution in [1.82, 2.24) is 10.2 Å². The first kappa shape index (κ1) is 19.7. The van der Waals surface area contributed by atoms with Crippen molar-refractivity contribution in [2.24, 2.45) is 5.41 Å². The number of nitrogens with one attached hydrogen (secondary N) is 1. The van der Waals surface area contributed by atoms with Gasteiger partial charge < -0.3 is 5.32 Å². The molecule has 2 rings (SSSR count). The van der Waals surface area contributed by atoms with Crippen LogP contribution < -0.4 is 5.32 Å². The first-order valence-corrected chi connectivity index (χ1v) is 7.00. The molecule has 0 unspecified atom stereocenters. The van der Waals surface area contributed by atoms with Gasteiger partial charge in [0.1, 0.15) is 0 Å². The summed E-state index contributed by atoms with van der Waals surface area (Å²) < 4.78 is 0. The quantitative estimate of drug-likeness (QED) is 0.891. The summed E-state index contributed by atoms with van der Waals surface area (Å²) in [5.74, 6) is 0. The minimum atomic E-state index is 0. The van der Waals surface area contributed by atoms with Crippen LogP contribution in [0.2, 0.25) is 0 Å². The van der Waals surface area contributed by atoms with E-state index in [0.29, 0.717) is 6.04 Å². The second kappa shape index (κ2) is 8.23. The van der Waals surface area contributed by atoms with Crippen LogP contribution in [0.5, 0.6) is 0 Å². The van der Waals surface area contributed by atoms with Crippen molar-refractivity contribution in [1.29, 1.82) is 0 Å². The van der Waals surface area contributed by atoms with E-state index in [0.717, 1.165) is 26.2 Å². The molecule has 1 saturated heterocycles. The Morgan fingerprint density at radius 2 is 1.60 bits per heavy atom. The summed E-state index contributed by atoms with van der Waals surface area (Å²) in [4.78, 5) is 2.64. The lowest BCUT2D eigenvalue weighted by molar-refractivity contribution is 0.0857. The van der Waals surface area contributed by atoms with Crippen molar-refractivity contribution in [3.63, 3.8) is 0 Å². The SMILES string of the molecule is Cc1ccccc1[C@@H](N1CCNCC1)C(C)(C)C.Cl.Cl. The van der Waals surface area contributed by atoms with E-state index in [9.17, 15) is 0 Å². The maximum atomic E-state index is 3.45. The average molecular weight is 319 g/mol. The minimum Gasteiger partial charge on any atom is -0.314 e. The van der Waals surface area contributed by atoms with Crippen molar-refractivity contribution in [3.8, 4) is 0 Å². The summed E-state index contributed by atoms with van der Waals surface area (Å²) in [6.45, 7) is 13.8. The Balaban J connectivity index is 0.00000180. The van der Waals surface area contributed by atoms with Crippen LogP contribution >= 0.6 is 24.8 Å². The Bertz CT molecular complexity index is 396. The van der Waals surface area contributed by atoms with Gasteiger partial charge in [0.25, 0.3) is 0 Å². The fourth-order valence-corrected chi connectivity index (χ4v) is 3.04. The van der Waals surface area contributed by atoms with Gasteiger partial charge in [-0.25, -0.2) is 0 Å². The molecule has 1 aromatic carbocycles. The Kier molecular flexibility index (Phi) is 8.12. The van der Waals surface area contributed by atoms with Crippen LogP contribution in [0.25, 0.3) is 0 Å². The molecule has 0 saturated carbocycles. The zero-order chi connectivity index (χ0) is 13.2. The van der Waals surface area contributed by atoms with Crippen molar-refractivity contribution in [3.05, 3.63) is 35.4 Å². The molecule has 1 heterocycles. The Hall–Kier alpha value is -0.280. The number of hydrogen-bond acceptors (Lipinski definition) is 2. The summed E-state index contributed by atoms with van der Waals surface area (Å²) in [6.07, 6.45) is 0. The topological polar surface area (TPSA) is 15.3 Å². The van der Waals surface area contributed by atoms with Gasteiger partial charge >= 0.3 is 0 Å². The molecule has 0 bridgehead atoms. The first-order chi connectivity index (χ1) is 8.50. The van der Waals surface area contributed by atoms with Crippen molar-refractivity contribution < 1.29 is 0 Å². The fourth-order valence-electron chi connectivity index (χ4n) is 3.04. The molecule has 116 valence electrons. The highest BCUT2D eigenvalue weighted by Gasteiger charge is 2.33. The van der Waals surface area contributed by atoms with Gasteiger partial charge in [0.05, 0.1) is 0 Å². The van der Waals surface area contributed by atoms with E-state index in [2.05, 4.69) is 62.2 Å². The summed E-state index contributed by atoms with van der Waals surface area (Å²) >= 11 is 0. The Morgan fingerprint density at radius 1 is 1.05 bits per heavy atom. The number of hydrogen-bond donors (Lipinski definition) is 1. The molecule has 1 aliphatic heterocycles. The van der Waals surface area contributed by atoms with E-state index < -0.39 is 0 Å². The van der Waals surface area contributed by atoms with Gasteiger partial charge in [0.15, 0.2) is 0 Å². The predicted octanol–water partition coefficient (Wildman–Crippen LogP) is 3.83. The van der Waals surface area contributed by atoms with Crippen LogP contribution in [0, 0.1) is 12.3 Å². The highest BCUT2D eigenvalue weighted by molar-refractivity contribution is 5.85. The van der Waals surface area contributed by atoms with Crippen molar-refractivity contribution in [2.75, 3.05) is 26.2 Å². The lowest BCUT2D eigenvalue weighted by atomic mass is 9.79. The lowest BCUT2D eigenvalue weighted by Gasteiger charge is -2.43. The van der Waals surface area contributed by atoms with Crippen LogP contribution in [0.3, 0.4) is 0 Å². The van der Waals surface area contributed by atoms with Gasteiger partial charge in [-0.05, 0) is 23.5 Å². The zero-order valence-corrected chi connectivity index (χ0v) is 14.6. The first-order valence-electron chi connectivity index (χ1n) is 7.00. The van der Waals surface area contributed by atoms with Crippen LogP contribution in [0.15, 0.2) is 24.3 Å². The van der Waals surface area contributed by atoms with Gasteiger partial charge in [-0.2, -0.15) is 0 Å². The van der Waals surface area contributed by atoms with E-state index in [4.69, 9.17) is 0 Å². The molecular weight excluding hydrogens is 291 g/mol. The maximum Gasteiger partial charge on any atom is 0.0400 e. The molecule has 0 radical (unpaired) electrons. The summed E-state index contributed by atoms with van der Waals surface area (Å²) in [5.41, 5.74) is 3.17. The van der Waals surface area contributed by atoms with Crippen LogP contribution in [-0.4, -0.2) is 31.1 Å². The van der Waals surface area contributed by atoms with Crippen LogP contribution in [-0.2, 0) is 0 Å². The molecule has 1 aromatic rings.